The molecule has 0 aliphatic carbocycles. The monoisotopic (exact) mass is 263 g/mol. The van der Waals surface area contributed by atoms with Crippen LogP contribution in [-0.4, -0.2) is 18.2 Å². The maximum absolute atomic E-state index is 10.2. The van der Waals surface area contributed by atoms with E-state index in [9.17, 15) is 5.11 Å². The second kappa shape index (κ2) is 8.98. The Hall–Kier alpha value is -1.02. The van der Waals surface area contributed by atoms with Crippen LogP contribution in [0.2, 0.25) is 0 Å². The third kappa shape index (κ3) is 4.87. The van der Waals surface area contributed by atoms with Crippen LogP contribution in [0, 0.1) is 0 Å². The SMILES string of the molecule is CCCCN(CCCC)c1ccccc1[C@H](O)CC. The summed E-state index contributed by atoms with van der Waals surface area (Å²) in [6.07, 6.45) is 5.26. The van der Waals surface area contributed by atoms with Gasteiger partial charge in [-0.2, -0.15) is 0 Å². The first-order chi connectivity index (χ1) is 9.24. The van der Waals surface area contributed by atoms with Gasteiger partial charge in [0, 0.05) is 24.3 Å². The van der Waals surface area contributed by atoms with Crippen LogP contribution < -0.4 is 4.90 Å². The molecule has 0 bridgehead atoms. The van der Waals surface area contributed by atoms with E-state index >= 15 is 0 Å². The average molecular weight is 263 g/mol. The molecule has 0 aliphatic heterocycles. The lowest BCUT2D eigenvalue weighted by Gasteiger charge is -2.28. The van der Waals surface area contributed by atoms with Crippen LogP contribution in [0.3, 0.4) is 0 Å². The van der Waals surface area contributed by atoms with Crippen LogP contribution in [0.1, 0.15) is 64.5 Å². The van der Waals surface area contributed by atoms with Crippen molar-refractivity contribution in [2.24, 2.45) is 0 Å². The molecule has 2 nitrogen and oxygen atoms in total. The molecule has 1 aromatic carbocycles. The Balaban J connectivity index is 2.92. The van der Waals surface area contributed by atoms with Crippen molar-refractivity contribution in [3.63, 3.8) is 0 Å². The maximum Gasteiger partial charge on any atom is 0.0807 e. The van der Waals surface area contributed by atoms with Crippen molar-refractivity contribution in [3.05, 3.63) is 29.8 Å². The predicted molar refractivity (Wildman–Crippen MR) is 83.7 cm³/mol. The highest BCUT2D eigenvalue weighted by molar-refractivity contribution is 5.54. The van der Waals surface area contributed by atoms with Crippen molar-refractivity contribution in [2.45, 2.75) is 59.0 Å². The summed E-state index contributed by atoms with van der Waals surface area (Å²) < 4.78 is 0. The van der Waals surface area contributed by atoms with Gasteiger partial charge in [-0.3, -0.25) is 0 Å². The molecule has 19 heavy (non-hydrogen) atoms. The number of benzene rings is 1. The lowest BCUT2D eigenvalue weighted by Crippen LogP contribution is -2.27. The smallest absolute Gasteiger partial charge is 0.0807 e. The summed E-state index contributed by atoms with van der Waals surface area (Å²) in [5.41, 5.74) is 2.30. The highest BCUT2D eigenvalue weighted by Gasteiger charge is 2.14. The number of para-hydroxylation sites is 1. The Labute approximate surface area is 118 Å². The zero-order valence-electron chi connectivity index (χ0n) is 12.7. The van der Waals surface area contributed by atoms with Gasteiger partial charge in [-0.15, -0.1) is 0 Å². The first-order valence-corrected chi connectivity index (χ1v) is 7.76. The fourth-order valence-electron chi connectivity index (χ4n) is 2.33. The minimum atomic E-state index is -0.345. The molecule has 1 aromatic rings. The quantitative estimate of drug-likeness (QED) is 0.707. The van der Waals surface area contributed by atoms with Gasteiger partial charge >= 0.3 is 0 Å². The van der Waals surface area contributed by atoms with Gasteiger partial charge in [0.2, 0.25) is 0 Å². The van der Waals surface area contributed by atoms with E-state index in [1.54, 1.807) is 0 Å². The second-order valence-corrected chi connectivity index (χ2v) is 5.18. The lowest BCUT2D eigenvalue weighted by atomic mass is 10.0. The van der Waals surface area contributed by atoms with Gasteiger partial charge in [-0.05, 0) is 25.3 Å². The van der Waals surface area contributed by atoms with E-state index in [1.807, 2.05) is 13.0 Å². The Morgan fingerprint density at radius 3 is 2.11 bits per heavy atom. The number of hydrogen-bond donors (Lipinski definition) is 1. The standard InChI is InChI=1S/C17H29NO/c1-4-7-13-18(14-8-5-2)16-12-10-9-11-15(16)17(19)6-3/h9-12,17,19H,4-8,13-14H2,1-3H3/t17-/m1/s1. The van der Waals surface area contributed by atoms with E-state index in [0.29, 0.717) is 0 Å². The van der Waals surface area contributed by atoms with Gasteiger partial charge in [0.15, 0.2) is 0 Å². The zero-order chi connectivity index (χ0) is 14.1. The van der Waals surface area contributed by atoms with Crippen LogP contribution in [-0.2, 0) is 0 Å². The van der Waals surface area contributed by atoms with Gasteiger partial charge in [0.1, 0.15) is 0 Å². The Morgan fingerprint density at radius 2 is 1.58 bits per heavy atom. The Morgan fingerprint density at radius 1 is 1.00 bits per heavy atom. The van der Waals surface area contributed by atoms with Crippen LogP contribution in [0.5, 0.6) is 0 Å². The van der Waals surface area contributed by atoms with Crippen LogP contribution >= 0.6 is 0 Å². The summed E-state index contributed by atoms with van der Waals surface area (Å²) in [6, 6.07) is 8.32. The van der Waals surface area contributed by atoms with Crippen molar-refractivity contribution in [1.82, 2.24) is 0 Å². The minimum Gasteiger partial charge on any atom is -0.388 e. The molecule has 1 N–H and O–H groups in total. The van der Waals surface area contributed by atoms with E-state index < -0.39 is 0 Å². The number of unbranched alkanes of at least 4 members (excludes halogenated alkanes) is 2. The molecule has 108 valence electrons. The van der Waals surface area contributed by atoms with Gasteiger partial charge < -0.3 is 10.0 Å². The highest BCUT2D eigenvalue weighted by Crippen LogP contribution is 2.28. The predicted octanol–water partition coefficient (Wildman–Crippen LogP) is 4.54. The summed E-state index contributed by atoms with van der Waals surface area (Å²) in [5, 5.41) is 10.2. The topological polar surface area (TPSA) is 23.5 Å². The van der Waals surface area contributed by atoms with E-state index in [1.165, 1.54) is 31.4 Å². The summed E-state index contributed by atoms with van der Waals surface area (Å²) in [7, 11) is 0. The molecular formula is C17H29NO. The van der Waals surface area contributed by atoms with E-state index in [2.05, 4.69) is 36.9 Å². The van der Waals surface area contributed by atoms with Crippen LogP contribution in [0.15, 0.2) is 24.3 Å². The summed E-state index contributed by atoms with van der Waals surface area (Å²) >= 11 is 0. The zero-order valence-corrected chi connectivity index (χ0v) is 12.7. The van der Waals surface area contributed by atoms with E-state index in [4.69, 9.17) is 0 Å². The van der Waals surface area contributed by atoms with Crippen molar-refractivity contribution in [3.8, 4) is 0 Å². The number of hydrogen-bond acceptors (Lipinski definition) is 2. The minimum absolute atomic E-state index is 0.345. The maximum atomic E-state index is 10.2. The Bertz CT molecular complexity index is 343. The molecule has 0 heterocycles. The fourth-order valence-corrected chi connectivity index (χ4v) is 2.33. The normalized spacial score (nSPS) is 12.4. The van der Waals surface area contributed by atoms with Crippen molar-refractivity contribution in [1.29, 1.82) is 0 Å². The molecule has 0 unspecified atom stereocenters. The molecule has 1 rings (SSSR count). The fraction of sp³-hybridized carbons (Fsp3) is 0.647. The molecule has 2 heteroatoms. The number of nitrogens with zero attached hydrogens (tertiary/aromatic N) is 1. The van der Waals surface area contributed by atoms with Crippen molar-refractivity contribution in [2.75, 3.05) is 18.0 Å². The van der Waals surface area contributed by atoms with Gasteiger partial charge in [0.05, 0.1) is 6.10 Å². The third-order valence-corrected chi connectivity index (χ3v) is 3.59. The number of rotatable bonds is 9. The lowest BCUT2D eigenvalue weighted by molar-refractivity contribution is 0.174. The first-order valence-electron chi connectivity index (χ1n) is 7.76. The molecule has 1 atom stereocenters. The summed E-state index contributed by atoms with van der Waals surface area (Å²) in [6.45, 7) is 8.66. The number of aliphatic hydroxyl groups excluding tert-OH is 1. The number of anilines is 1. The third-order valence-electron chi connectivity index (χ3n) is 3.59. The molecule has 0 aromatic heterocycles. The van der Waals surface area contributed by atoms with Crippen LogP contribution in [0.25, 0.3) is 0 Å². The van der Waals surface area contributed by atoms with Gasteiger partial charge in [-0.1, -0.05) is 51.8 Å². The molecule has 0 spiro atoms. The molecular weight excluding hydrogens is 234 g/mol. The molecule has 0 radical (unpaired) electrons. The number of aliphatic hydroxyl groups is 1. The van der Waals surface area contributed by atoms with E-state index in [-0.39, 0.29) is 6.10 Å². The van der Waals surface area contributed by atoms with E-state index in [0.717, 1.165) is 25.1 Å². The summed E-state index contributed by atoms with van der Waals surface area (Å²) in [4.78, 5) is 2.45. The highest BCUT2D eigenvalue weighted by atomic mass is 16.3. The second-order valence-electron chi connectivity index (χ2n) is 5.18. The van der Waals surface area contributed by atoms with Crippen LogP contribution in [0.4, 0.5) is 5.69 Å². The van der Waals surface area contributed by atoms with Crippen molar-refractivity contribution < 1.29 is 5.11 Å². The molecule has 0 amide bonds. The Kier molecular flexibility index (Phi) is 7.57. The largest absolute Gasteiger partial charge is 0.388 e. The molecule has 0 saturated heterocycles. The van der Waals surface area contributed by atoms with Gasteiger partial charge in [0.25, 0.3) is 0 Å². The molecule has 0 aliphatic rings. The van der Waals surface area contributed by atoms with Gasteiger partial charge in [-0.25, -0.2) is 0 Å². The molecule has 0 saturated carbocycles. The first kappa shape index (κ1) is 16.0. The summed E-state index contributed by atoms with van der Waals surface area (Å²) in [5.74, 6) is 0. The molecule has 0 fully saturated rings. The van der Waals surface area contributed by atoms with Crippen molar-refractivity contribution >= 4 is 5.69 Å². The average Bonchev–Trinajstić information content (AvgIpc) is 2.47.